The molecule has 1 heterocycles. The molecule has 0 aliphatic carbocycles. The summed E-state index contributed by atoms with van der Waals surface area (Å²) < 4.78 is 19.5. The van der Waals surface area contributed by atoms with Crippen molar-refractivity contribution in [3.63, 3.8) is 0 Å². The normalized spacial score (nSPS) is 17.0. The van der Waals surface area contributed by atoms with Gasteiger partial charge in [0, 0.05) is 30.8 Å². The van der Waals surface area contributed by atoms with E-state index >= 15 is 0 Å². The van der Waals surface area contributed by atoms with Crippen LogP contribution in [0.25, 0.3) is 0 Å². The van der Waals surface area contributed by atoms with Crippen LogP contribution in [0.5, 0.6) is 0 Å². The number of hydrogen-bond donors (Lipinski definition) is 2. The molecule has 0 saturated carbocycles. The highest BCUT2D eigenvalue weighted by Gasteiger charge is 2.20. The molecule has 1 aliphatic heterocycles. The summed E-state index contributed by atoms with van der Waals surface area (Å²) in [5.41, 5.74) is 6.71. The molecule has 21 heavy (non-hydrogen) atoms. The maximum atomic E-state index is 14.0. The maximum absolute atomic E-state index is 14.0. The van der Waals surface area contributed by atoms with Gasteiger partial charge in [-0.15, -0.1) is 0 Å². The third-order valence-electron chi connectivity index (χ3n) is 3.71. The minimum absolute atomic E-state index is 0.0563. The number of halogens is 1. The summed E-state index contributed by atoms with van der Waals surface area (Å²) in [6.07, 6.45) is 2.02. The SMILES string of the molecule is NC(=S)c1ccc(CN2CCC(OCCO)CC2)c(F)c1. The van der Waals surface area contributed by atoms with Crippen molar-refractivity contribution in [1.29, 1.82) is 0 Å². The summed E-state index contributed by atoms with van der Waals surface area (Å²) in [4.78, 5) is 2.42. The van der Waals surface area contributed by atoms with Crippen LogP contribution in [-0.4, -0.2) is 47.4 Å². The van der Waals surface area contributed by atoms with Gasteiger partial charge in [-0.1, -0.05) is 24.4 Å². The zero-order valence-electron chi connectivity index (χ0n) is 11.9. The Labute approximate surface area is 129 Å². The minimum atomic E-state index is -0.265. The van der Waals surface area contributed by atoms with E-state index in [9.17, 15) is 4.39 Å². The van der Waals surface area contributed by atoms with Crippen molar-refractivity contribution in [2.75, 3.05) is 26.3 Å². The summed E-state index contributed by atoms with van der Waals surface area (Å²) in [6.45, 7) is 2.76. The third kappa shape index (κ3) is 4.71. The van der Waals surface area contributed by atoms with E-state index in [0.717, 1.165) is 25.9 Å². The molecular weight excluding hydrogens is 291 g/mol. The minimum Gasteiger partial charge on any atom is -0.394 e. The molecule has 6 heteroatoms. The van der Waals surface area contributed by atoms with Gasteiger partial charge in [0.25, 0.3) is 0 Å². The third-order valence-corrected chi connectivity index (χ3v) is 3.95. The van der Waals surface area contributed by atoms with Gasteiger partial charge in [0.15, 0.2) is 0 Å². The molecule has 1 aliphatic rings. The number of thiocarbonyl (C=S) groups is 1. The molecule has 0 unspecified atom stereocenters. The fourth-order valence-electron chi connectivity index (χ4n) is 2.52. The van der Waals surface area contributed by atoms with Gasteiger partial charge in [-0.05, 0) is 18.9 Å². The molecule has 1 fully saturated rings. The Bertz CT molecular complexity index is 491. The number of nitrogens with two attached hydrogens (primary N) is 1. The largest absolute Gasteiger partial charge is 0.394 e. The van der Waals surface area contributed by atoms with Gasteiger partial charge < -0.3 is 15.6 Å². The second-order valence-electron chi connectivity index (χ2n) is 5.24. The number of aliphatic hydroxyl groups is 1. The van der Waals surface area contributed by atoms with Crippen molar-refractivity contribution in [1.82, 2.24) is 4.90 Å². The summed E-state index contributed by atoms with van der Waals surface area (Å²) >= 11 is 4.84. The molecule has 1 saturated heterocycles. The van der Waals surface area contributed by atoms with E-state index in [1.54, 1.807) is 12.1 Å². The van der Waals surface area contributed by atoms with Gasteiger partial charge in [-0.25, -0.2) is 4.39 Å². The number of piperidine rings is 1. The van der Waals surface area contributed by atoms with Crippen LogP contribution in [0.4, 0.5) is 4.39 Å². The van der Waals surface area contributed by atoms with Crippen molar-refractivity contribution in [2.45, 2.75) is 25.5 Å². The molecule has 0 atom stereocenters. The molecule has 0 amide bonds. The van der Waals surface area contributed by atoms with Crippen LogP contribution in [0.1, 0.15) is 24.0 Å². The summed E-state index contributed by atoms with van der Waals surface area (Å²) in [6, 6.07) is 4.91. The van der Waals surface area contributed by atoms with Gasteiger partial charge in [-0.2, -0.15) is 0 Å². The lowest BCUT2D eigenvalue weighted by Crippen LogP contribution is -2.37. The lowest BCUT2D eigenvalue weighted by molar-refractivity contribution is -0.00914. The Balaban J connectivity index is 1.87. The van der Waals surface area contributed by atoms with Crippen LogP contribution in [0.2, 0.25) is 0 Å². The molecule has 0 radical (unpaired) electrons. The summed E-state index contributed by atoms with van der Waals surface area (Å²) in [5.74, 6) is -0.265. The van der Waals surface area contributed by atoms with Crippen LogP contribution in [0.15, 0.2) is 18.2 Å². The van der Waals surface area contributed by atoms with E-state index in [-0.39, 0.29) is 23.5 Å². The molecule has 0 bridgehead atoms. The monoisotopic (exact) mass is 312 g/mol. The van der Waals surface area contributed by atoms with Crippen LogP contribution < -0.4 is 5.73 Å². The highest BCUT2D eigenvalue weighted by molar-refractivity contribution is 7.80. The predicted molar refractivity (Wildman–Crippen MR) is 83.6 cm³/mol. The Kier molecular flexibility index (Phi) is 6.05. The molecule has 4 nitrogen and oxygen atoms in total. The fourth-order valence-corrected chi connectivity index (χ4v) is 2.65. The maximum Gasteiger partial charge on any atom is 0.128 e. The zero-order chi connectivity index (χ0) is 15.2. The van der Waals surface area contributed by atoms with E-state index in [1.807, 2.05) is 0 Å². The Morgan fingerprint density at radius 3 is 2.71 bits per heavy atom. The Morgan fingerprint density at radius 2 is 2.14 bits per heavy atom. The van der Waals surface area contributed by atoms with Crippen LogP contribution >= 0.6 is 12.2 Å². The predicted octanol–water partition coefficient (Wildman–Crippen LogP) is 1.43. The van der Waals surface area contributed by atoms with E-state index in [1.165, 1.54) is 6.07 Å². The Hall–Kier alpha value is -1.08. The van der Waals surface area contributed by atoms with Gasteiger partial charge in [0.05, 0.1) is 19.3 Å². The summed E-state index contributed by atoms with van der Waals surface area (Å²) in [7, 11) is 0. The Morgan fingerprint density at radius 1 is 1.43 bits per heavy atom. The standard InChI is InChI=1S/C15H21FN2O2S/c16-14-9-11(15(17)21)1-2-12(14)10-18-5-3-13(4-6-18)20-8-7-19/h1-2,9,13,19H,3-8,10H2,(H2,17,21). The average molecular weight is 312 g/mol. The molecule has 116 valence electrons. The van der Waals surface area contributed by atoms with Crippen molar-refractivity contribution in [2.24, 2.45) is 5.73 Å². The zero-order valence-corrected chi connectivity index (χ0v) is 12.7. The quantitative estimate of drug-likeness (QED) is 0.778. The first-order valence-electron chi connectivity index (χ1n) is 7.13. The van der Waals surface area contributed by atoms with Crippen molar-refractivity contribution in [3.8, 4) is 0 Å². The molecule has 3 N–H and O–H groups in total. The van der Waals surface area contributed by atoms with Crippen molar-refractivity contribution < 1.29 is 14.2 Å². The summed E-state index contributed by atoms with van der Waals surface area (Å²) in [5, 5.41) is 8.74. The van der Waals surface area contributed by atoms with Gasteiger partial charge in [-0.3, -0.25) is 4.90 Å². The van der Waals surface area contributed by atoms with Crippen molar-refractivity contribution in [3.05, 3.63) is 35.1 Å². The van der Waals surface area contributed by atoms with Crippen LogP contribution in [0.3, 0.4) is 0 Å². The van der Waals surface area contributed by atoms with Crippen LogP contribution in [0, 0.1) is 5.82 Å². The number of hydrogen-bond acceptors (Lipinski definition) is 4. The molecule has 2 rings (SSSR count). The topological polar surface area (TPSA) is 58.7 Å². The molecule has 1 aromatic carbocycles. The number of ether oxygens (including phenoxy) is 1. The van der Waals surface area contributed by atoms with Gasteiger partial charge >= 0.3 is 0 Å². The second kappa shape index (κ2) is 7.79. The molecule has 0 aromatic heterocycles. The molecule has 0 spiro atoms. The number of aliphatic hydroxyl groups excluding tert-OH is 1. The number of nitrogens with zero attached hydrogens (tertiary/aromatic N) is 1. The van der Waals surface area contributed by atoms with Crippen molar-refractivity contribution >= 4 is 17.2 Å². The molecular formula is C15H21FN2O2S. The van der Waals surface area contributed by atoms with Gasteiger partial charge in [0.1, 0.15) is 10.8 Å². The highest BCUT2D eigenvalue weighted by Crippen LogP contribution is 2.18. The lowest BCUT2D eigenvalue weighted by atomic mass is 10.1. The first kappa shape index (κ1) is 16.3. The van der Waals surface area contributed by atoms with E-state index in [0.29, 0.717) is 24.3 Å². The molecule has 1 aromatic rings. The average Bonchev–Trinajstić information content (AvgIpc) is 2.48. The smallest absolute Gasteiger partial charge is 0.128 e. The van der Waals surface area contributed by atoms with Gasteiger partial charge in [0.2, 0.25) is 0 Å². The highest BCUT2D eigenvalue weighted by atomic mass is 32.1. The lowest BCUT2D eigenvalue weighted by Gasteiger charge is -2.31. The first-order chi connectivity index (χ1) is 10.1. The number of likely N-dealkylation sites (tertiary alicyclic amines) is 1. The van der Waals surface area contributed by atoms with Crippen LogP contribution in [-0.2, 0) is 11.3 Å². The van der Waals surface area contributed by atoms with E-state index in [4.69, 9.17) is 27.8 Å². The van der Waals surface area contributed by atoms with E-state index in [2.05, 4.69) is 4.90 Å². The number of benzene rings is 1. The number of rotatable bonds is 6. The fraction of sp³-hybridized carbons (Fsp3) is 0.533. The second-order valence-corrected chi connectivity index (χ2v) is 5.68. The van der Waals surface area contributed by atoms with E-state index < -0.39 is 0 Å². The first-order valence-corrected chi connectivity index (χ1v) is 7.54.